The predicted molar refractivity (Wildman–Crippen MR) is 92.0 cm³/mol. The highest BCUT2D eigenvalue weighted by atomic mass is 16.5. The van der Waals surface area contributed by atoms with E-state index >= 15 is 0 Å². The van der Waals surface area contributed by atoms with Gasteiger partial charge in [0.25, 0.3) is 5.91 Å². The summed E-state index contributed by atoms with van der Waals surface area (Å²) in [4.78, 5) is 27.3. The molecule has 0 bridgehead atoms. The minimum absolute atomic E-state index is 0.0408. The molecule has 2 fully saturated rings. The summed E-state index contributed by atoms with van der Waals surface area (Å²) < 4.78 is 5.31. The van der Waals surface area contributed by atoms with Crippen LogP contribution in [-0.4, -0.2) is 30.0 Å². The normalized spacial score (nSPS) is 25.0. The van der Waals surface area contributed by atoms with Crippen molar-refractivity contribution in [3.63, 3.8) is 0 Å². The lowest BCUT2D eigenvalue weighted by Gasteiger charge is -2.31. The molecule has 1 aliphatic heterocycles. The average molecular weight is 330 g/mol. The number of urea groups is 1. The zero-order valence-corrected chi connectivity index (χ0v) is 14.7. The van der Waals surface area contributed by atoms with Crippen molar-refractivity contribution in [2.24, 2.45) is 0 Å². The van der Waals surface area contributed by atoms with Crippen molar-refractivity contribution in [2.45, 2.75) is 64.0 Å². The van der Waals surface area contributed by atoms with E-state index in [1.54, 1.807) is 7.11 Å². The van der Waals surface area contributed by atoms with Crippen molar-refractivity contribution in [1.29, 1.82) is 0 Å². The Morgan fingerprint density at radius 2 is 1.96 bits per heavy atom. The zero-order valence-electron chi connectivity index (χ0n) is 14.7. The van der Waals surface area contributed by atoms with Gasteiger partial charge in [-0.25, -0.2) is 4.79 Å². The molecule has 5 heteroatoms. The number of nitrogens with one attached hydrogen (secondary N) is 1. The molecule has 130 valence electrons. The van der Waals surface area contributed by atoms with E-state index in [0.717, 1.165) is 42.6 Å². The summed E-state index contributed by atoms with van der Waals surface area (Å²) >= 11 is 0. The van der Waals surface area contributed by atoms with Crippen LogP contribution in [0.2, 0.25) is 0 Å². The molecule has 24 heavy (non-hydrogen) atoms. The molecule has 5 nitrogen and oxygen atoms in total. The van der Waals surface area contributed by atoms with Crippen molar-refractivity contribution in [3.05, 3.63) is 29.3 Å². The number of imide groups is 1. The Balaban J connectivity index is 1.96. The van der Waals surface area contributed by atoms with Gasteiger partial charge in [0.05, 0.1) is 7.11 Å². The number of benzene rings is 1. The first-order valence-corrected chi connectivity index (χ1v) is 8.84. The number of amides is 3. The predicted octanol–water partition coefficient (Wildman–Crippen LogP) is 3.49. The number of methoxy groups -OCH3 is 1. The Hall–Kier alpha value is -2.04. The van der Waals surface area contributed by atoms with E-state index in [9.17, 15) is 9.59 Å². The monoisotopic (exact) mass is 330 g/mol. The van der Waals surface area contributed by atoms with Gasteiger partial charge in [-0.2, -0.15) is 0 Å². The molecule has 1 saturated heterocycles. The second kappa shape index (κ2) is 6.46. The molecule has 1 aromatic carbocycles. The van der Waals surface area contributed by atoms with E-state index in [1.165, 1.54) is 11.3 Å². The highest BCUT2D eigenvalue weighted by Gasteiger charge is 2.53. The Morgan fingerprint density at radius 1 is 1.25 bits per heavy atom. The summed E-state index contributed by atoms with van der Waals surface area (Å²) in [6, 6.07) is 5.49. The zero-order chi connectivity index (χ0) is 17.3. The molecule has 1 unspecified atom stereocenters. The topological polar surface area (TPSA) is 58.6 Å². The lowest BCUT2D eigenvalue weighted by molar-refractivity contribution is -0.133. The second-order valence-corrected chi connectivity index (χ2v) is 6.84. The van der Waals surface area contributed by atoms with Crippen LogP contribution in [0.5, 0.6) is 5.75 Å². The minimum Gasteiger partial charge on any atom is -0.496 e. The number of carbonyl (C=O) groups excluding carboxylic acids is 2. The highest BCUT2D eigenvalue weighted by Crippen LogP contribution is 2.37. The van der Waals surface area contributed by atoms with Crippen molar-refractivity contribution in [1.82, 2.24) is 10.2 Å². The first kappa shape index (κ1) is 16.8. The van der Waals surface area contributed by atoms with E-state index in [1.807, 2.05) is 32.0 Å². The Labute approximate surface area is 143 Å². The fourth-order valence-corrected chi connectivity index (χ4v) is 4.05. The molecule has 1 atom stereocenters. The molecule has 1 aromatic rings. The number of hydrogen-bond donors (Lipinski definition) is 1. The summed E-state index contributed by atoms with van der Waals surface area (Å²) in [7, 11) is 1.63. The van der Waals surface area contributed by atoms with Gasteiger partial charge in [-0.1, -0.05) is 32.3 Å². The third-order valence-corrected chi connectivity index (χ3v) is 5.48. The fraction of sp³-hybridized carbons (Fsp3) is 0.579. The summed E-state index contributed by atoms with van der Waals surface area (Å²) in [5.74, 6) is 0.678. The third-order valence-electron chi connectivity index (χ3n) is 5.48. The fourth-order valence-electron chi connectivity index (χ4n) is 4.05. The van der Waals surface area contributed by atoms with Gasteiger partial charge in [-0.05, 0) is 49.4 Å². The van der Waals surface area contributed by atoms with Crippen LogP contribution in [0, 0.1) is 6.92 Å². The maximum atomic E-state index is 13.2. The van der Waals surface area contributed by atoms with Crippen LogP contribution in [0.4, 0.5) is 4.79 Å². The molecule has 0 aromatic heterocycles. The van der Waals surface area contributed by atoms with Gasteiger partial charge in [0.2, 0.25) is 0 Å². The first-order valence-electron chi connectivity index (χ1n) is 8.84. The molecule has 0 spiro atoms. The number of aryl methyl sites for hydroxylation is 1. The molecule has 2 aliphatic rings. The summed E-state index contributed by atoms with van der Waals surface area (Å²) in [6.07, 6.45) is 5.73. The van der Waals surface area contributed by atoms with Crippen molar-refractivity contribution < 1.29 is 14.3 Å². The molecule has 3 rings (SSSR count). The van der Waals surface area contributed by atoms with Crippen LogP contribution in [0.3, 0.4) is 0 Å². The quantitative estimate of drug-likeness (QED) is 0.860. The third kappa shape index (κ3) is 2.56. The van der Waals surface area contributed by atoms with Gasteiger partial charge in [-0.3, -0.25) is 9.69 Å². The molecule has 1 saturated carbocycles. The van der Waals surface area contributed by atoms with Gasteiger partial charge in [-0.15, -0.1) is 0 Å². The smallest absolute Gasteiger partial charge is 0.325 e. The summed E-state index contributed by atoms with van der Waals surface area (Å²) in [5, 5.41) is 2.99. The Kier molecular flexibility index (Phi) is 4.52. The number of nitrogens with zero attached hydrogens (tertiary/aromatic N) is 1. The van der Waals surface area contributed by atoms with E-state index in [-0.39, 0.29) is 18.0 Å². The molecule has 1 N–H and O–H groups in total. The number of carbonyl (C=O) groups is 2. The maximum Gasteiger partial charge on any atom is 0.325 e. The number of ether oxygens (including phenoxy) is 1. The lowest BCUT2D eigenvalue weighted by Crippen LogP contribution is -2.45. The van der Waals surface area contributed by atoms with Crippen LogP contribution < -0.4 is 10.1 Å². The standard InChI is InChI=1S/C19H26N2O3/c1-4-19(14-10-11-16(24-3)13(2)12-14)17(22)21(18(23)20-19)15-8-6-5-7-9-15/h10-12,15H,4-9H2,1-3H3,(H,20,23). The van der Waals surface area contributed by atoms with Crippen LogP contribution >= 0.6 is 0 Å². The van der Waals surface area contributed by atoms with Crippen molar-refractivity contribution >= 4 is 11.9 Å². The molecule has 0 radical (unpaired) electrons. The summed E-state index contributed by atoms with van der Waals surface area (Å²) in [6.45, 7) is 3.90. The van der Waals surface area contributed by atoms with E-state index < -0.39 is 5.54 Å². The van der Waals surface area contributed by atoms with Gasteiger partial charge in [0, 0.05) is 6.04 Å². The molecular formula is C19H26N2O3. The van der Waals surface area contributed by atoms with Crippen molar-refractivity contribution in [2.75, 3.05) is 7.11 Å². The Morgan fingerprint density at radius 3 is 2.54 bits per heavy atom. The number of rotatable bonds is 4. The van der Waals surface area contributed by atoms with Gasteiger partial charge >= 0.3 is 6.03 Å². The van der Waals surface area contributed by atoms with Crippen LogP contribution in [0.1, 0.15) is 56.6 Å². The van der Waals surface area contributed by atoms with Crippen LogP contribution in [0.15, 0.2) is 18.2 Å². The SMILES string of the molecule is CCC1(c2ccc(OC)c(C)c2)NC(=O)N(C2CCCCC2)C1=O. The van der Waals surface area contributed by atoms with Crippen molar-refractivity contribution in [3.8, 4) is 5.75 Å². The summed E-state index contributed by atoms with van der Waals surface area (Å²) in [5.41, 5.74) is 0.840. The molecule has 1 aliphatic carbocycles. The van der Waals surface area contributed by atoms with Gasteiger partial charge < -0.3 is 10.1 Å². The highest BCUT2D eigenvalue weighted by molar-refractivity contribution is 6.07. The van der Waals surface area contributed by atoms with Crippen LogP contribution in [0.25, 0.3) is 0 Å². The lowest BCUT2D eigenvalue weighted by atomic mass is 9.85. The average Bonchev–Trinajstić information content (AvgIpc) is 2.86. The van der Waals surface area contributed by atoms with E-state index in [2.05, 4.69) is 5.32 Å². The minimum atomic E-state index is -0.953. The largest absolute Gasteiger partial charge is 0.496 e. The van der Waals surface area contributed by atoms with Gasteiger partial charge in [0.1, 0.15) is 11.3 Å². The van der Waals surface area contributed by atoms with E-state index in [4.69, 9.17) is 4.74 Å². The van der Waals surface area contributed by atoms with E-state index in [0.29, 0.717) is 6.42 Å². The molecule has 3 amide bonds. The van der Waals surface area contributed by atoms with Gasteiger partial charge in [0.15, 0.2) is 0 Å². The molecule has 1 heterocycles. The first-order chi connectivity index (χ1) is 11.5. The second-order valence-electron chi connectivity index (χ2n) is 6.84. The number of hydrogen-bond acceptors (Lipinski definition) is 3. The molecular weight excluding hydrogens is 304 g/mol. The van der Waals surface area contributed by atoms with Crippen LogP contribution in [-0.2, 0) is 10.3 Å². The Bertz CT molecular complexity index is 652. The maximum absolute atomic E-state index is 13.2.